The fourth-order valence-electron chi connectivity index (χ4n) is 3.43. The van der Waals surface area contributed by atoms with Crippen molar-refractivity contribution in [3.63, 3.8) is 0 Å². The van der Waals surface area contributed by atoms with Crippen LogP contribution >= 0.6 is 23.2 Å². The lowest BCUT2D eigenvalue weighted by molar-refractivity contribution is 0.594. The molecule has 0 bridgehead atoms. The van der Waals surface area contributed by atoms with E-state index in [0.29, 0.717) is 16.7 Å². The van der Waals surface area contributed by atoms with Crippen LogP contribution in [0.15, 0.2) is 11.1 Å². The zero-order valence-electron chi connectivity index (χ0n) is 16.6. The van der Waals surface area contributed by atoms with Crippen LogP contribution in [0.2, 0.25) is 10.2 Å². The molecule has 2 aromatic heterocycles. The van der Waals surface area contributed by atoms with Gasteiger partial charge in [-0.3, -0.25) is 0 Å². The molecule has 2 N–H and O–H groups in total. The highest BCUT2D eigenvalue weighted by Crippen LogP contribution is 2.25. The normalized spacial score (nSPS) is 14.6. The number of aryl methyl sites for hydroxylation is 2. The molecule has 0 spiro atoms. The van der Waals surface area contributed by atoms with E-state index in [1.807, 2.05) is 17.7 Å². The summed E-state index contributed by atoms with van der Waals surface area (Å²) in [4.78, 5) is 4.64. The molecule has 3 heterocycles. The average molecular weight is 426 g/mol. The van der Waals surface area contributed by atoms with Gasteiger partial charge >= 0.3 is 0 Å². The Kier molecular flexibility index (Phi) is 7.62. The highest BCUT2D eigenvalue weighted by Gasteiger charge is 2.14. The molecule has 7 nitrogen and oxygen atoms in total. The van der Waals surface area contributed by atoms with Gasteiger partial charge < -0.3 is 19.8 Å². The van der Waals surface area contributed by atoms with Gasteiger partial charge in [0, 0.05) is 45.2 Å². The van der Waals surface area contributed by atoms with Crippen LogP contribution in [-0.2, 0) is 33.0 Å². The molecule has 1 aliphatic rings. The molecule has 1 aliphatic heterocycles. The Labute approximate surface area is 176 Å². The molecule has 154 valence electrons. The lowest BCUT2D eigenvalue weighted by atomic mass is 10.2. The number of aromatic nitrogens is 4. The Morgan fingerprint density at radius 1 is 1.21 bits per heavy atom. The number of hydrogen-bond donors (Lipinski definition) is 2. The molecule has 0 amide bonds. The van der Waals surface area contributed by atoms with Gasteiger partial charge in [-0.25, -0.2) is 4.99 Å². The van der Waals surface area contributed by atoms with Crippen molar-refractivity contribution in [1.82, 2.24) is 30.0 Å². The molecule has 0 aliphatic carbocycles. The molecule has 9 heteroatoms. The predicted molar refractivity (Wildman–Crippen MR) is 114 cm³/mol. The van der Waals surface area contributed by atoms with Crippen LogP contribution in [-0.4, -0.2) is 38.4 Å². The van der Waals surface area contributed by atoms with Crippen LogP contribution in [0.5, 0.6) is 0 Å². The van der Waals surface area contributed by atoms with Gasteiger partial charge in [0.15, 0.2) is 5.96 Å². The standard InChI is InChI=1S/C19H29Cl2N7/c1-3-22-19(24-13-14-12-15(20)18(21)27(14)2)23-10-7-9-17-26-25-16-8-5-4-6-11-28(16)17/h12H,3-11,13H2,1-2H3,(H2,22,23,24). The number of guanidine groups is 1. The summed E-state index contributed by atoms with van der Waals surface area (Å²) >= 11 is 12.2. The highest BCUT2D eigenvalue weighted by molar-refractivity contribution is 6.41. The van der Waals surface area contributed by atoms with Crippen LogP contribution in [0, 0.1) is 0 Å². The molecule has 0 atom stereocenters. The van der Waals surface area contributed by atoms with Gasteiger partial charge in [-0.1, -0.05) is 29.6 Å². The smallest absolute Gasteiger partial charge is 0.191 e. The molecule has 3 rings (SSSR count). The molecule has 0 aromatic carbocycles. The van der Waals surface area contributed by atoms with E-state index in [-0.39, 0.29) is 0 Å². The summed E-state index contributed by atoms with van der Waals surface area (Å²) in [6.45, 7) is 5.24. The lowest BCUT2D eigenvalue weighted by Crippen LogP contribution is -2.38. The summed E-state index contributed by atoms with van der Waals surface area (Å²) in [7, 11) is 1.89. The van der Waals surface area contributed by atoms with Crippen molar-refractivity contribution in [1.29, 1.82) is 0 Å². The van der Waals surface area contributed by atoms with Gasteiger partial charge in [-0.2, -0.15) is 0 Å². The van der Waals surface area contributed by atoms with Gasteiger partial charge in [-0.15, -0.1) is 10.2 Å². The molecule has 0 unspecified atom stereocenters. The molecule has 28 heavy (non-hydrogen) atoms. The van der Waals surface area contributed by atoms with Crippen molar-refractivity contribution in [2.45, 2.75) is 58.5 Å². The summed E-state index contributed by atoms with van der Waals surface area (Å²) in [5.74, 6) is 3.04. The second-order valence-electron chi connectivity index (χ2n) is 7.05. The number of aliphatic imine (C=N–C) groups is 1. The summed E-state index contributed by atoms with van der Waals surface area (Å²) in [5, 5.41) is 16.5. The largest absolute Gasteiger partial charge is 0.357 e. The average Bonchev–Trinajstić information content (AvgIpc) is 3.06. The second kappa shape index (κ2) is 10.2. The molecule has 0 fully saturated rings. The van der Waals surface area contributed by atoms with Gasteiger partial charge in [0.05, 0.1) is 11.6 Å². The number of hydrogen-bond acceptors (Lipinski definition) is 3. The minimum Gasteiger partial charge on any atom is -0.357 e. The third kappa shape index (κ3) is 5.20. The minimum atomic E-state index is 0.510. The van der Waals surface area contributed by atoms with Gasteiger partial charge in [0.2, 0.25) is 0 Å². The van der Waals surface area contributed by atoms with Gasteiger partial charge in [0.25, 0.3) is 0 Å². The van der Waals surface area contributed by atoms with Crippen molar-refractivity contribution in [2.24, 2.45) is 12.0 Å². The fraction of sp³-hybridized carbons (Fsp3) is 0.632. The maximum atomic E-state index is 6.12. The summed E-state index contributed by atoms with van der Waals surface area (Å²) in [6, 6.07) is 1.86. The Morgan fingerprint density at radius 3 is 2.82 bits per heavy atom. The number of nitrogens with zero attached hydrogens (tertiary/aromatic N) is 5. The van der Waals surface area contributed by atoms with E-state index < -0.39 is 0 Å². The third-order valence-electron chi connectivity index (χ3n) is 5.01. The SMILES string of the molecule is CCNC(=NCc1cc(Cl)c(Cl)n1C)NCCCc1nnc2n1CCCCC2. The number of halogens is 2. The van der Waals surface area contributed by atoms with Crippen molar-refractivity contribution in [2.75, 3.05) is 13.1 Å². The number of nitrogens with one attached hydrogen (secondary N) is 2. The van der Waals surface area contributed by atoms with Crippen molar-refractivity contribution in [3.8, 4) is 0 Å². The zero-order valence-corrected chi connectivity index (χ0v) is 18.2. The van der Waals surface area contributed by atoms with E-state index in [2.05, 4.69) is 37.3 Å². The lowest BCUT2D eigenvalue weighted by Gasteiger charge is -2.12. The summed E-state index contributed by atoms with van der Waals surface area (Å²) < 4.78 is 4.17. The number of fused-ring (bicyclic) bond motifs is 1. The maximum absolute atomic E-state index is 6.12. The van der Waals surface area contributed by atoms with E-state index in [4.69, 9.17) is 23.2 Å². The van der Waals surface area contributed by atoms with E-state index in [0.717, 1.165) is 62.2 Å². The second-order valence-corrected chi connectivity index (χ2v) is 7.82. The first-order valence-electron chi connectivity index (χ1n) is 10.0. The van der Waals surface area contributed by atoms with E-state index in [1.54, 1.807) is 0 Å². The Hall–Kier alpha value is -1.73. The third-order valence-corrected chi connectivity index (χ3v) is 5.86. The quantitative estimate of drug-likeness (QED) is 0.405. The van der Waals surface area contributed by atoms with Crippen LogP contribution < -0.4 is 10.6 Å². The first-order chi connectivity index (χ1) is 13.6. The van der Waals surface area contributed by atoms with E-state index in [1.165, 1.54) is 19.3 Å². The van der Waals surface area contributed by atoms with E-state index in [9.17, 15) is 0 Å². The Balaban J connectivity index is 1.51. The molecular formula is C19H29Cl2N7. The van der Waals surface area contributed by atoms with Crippen molar-refractivity contribution < 1.29 is 0 Å². The highest BCUT2D eigenvalue weighted by atomic mass is 35.5. The molecule has 0 radical (unpaired) electrons. The Bertz CT molecular complexity index is 810. The van der Waals surface area contributed by atoms with Gasteiger partial charge in [-0.05, 0) is 32.3 Å². The monoisotopic (exact) mass is 425 g/mol. The molecule has 2 aromatic rings. The van der Waals surface area contributed by atoms with Gasteiger partial charge in [0.1, 0.15) is 16.8 Å². The Morgan fingerprint density at radius 2 is 2.07 bits per heavy atom. The zero-order chi connectivity index (χ0) is 19.9. The topological polar surface area (TPSA) is 72.1 Å². The first-order valence-corrected chi connectivity index (χ1v) is 10.8. The van der Waals surface area contributed by atoms with Crippen LogP contribution in [0.4, 0.5) is 0 Å². The summed E-state index contributed by atoms with van der Waals surface area (Å²) in [6.07, 6.45) is 6.67. The van der Waals surface area contributed by atoms with Crippen LogP contribution in [0.3, 0.4) is 0 Å². The first kappa shape index (κ1) is 21.0. The van der Waals surface area contributed by atoms with Crippen LogP contribution in [0.1, 0.15) is 49.9 Å². The van der Waals surface area contributed by atoms with Crippen LogP contribution in [0.25, 0.3) is 0 Å². The summed E-state index contributed by atoms with van der Waals surface area (Å²) in [5.41, 5.74) is 0.971. The van der Waals surface area contributed by atoms with Crippen molar-refractivity contribution in [3.05, 3.63) is 33.6 Å². The molecular weight excluding hydrogens is 397 g/mol. The van der Waals surface area contributed by atoms with E-state index >= 15 is 0 Å². The maximum Gasteiger partial charge on any atom is 0.191 e. The molecule has 0 saturated carbocycles. The fourth-order valence-corrected chi connectivity index (χ4v) is 3.84. The number of rotatable bonds is 7. The molecule has 0 saturated heterocycles. The predicted octanol–water partition coefficient (Wildman–Crippen LogP) is 3.34. The minimum absolute atomic E-state index is 0.510. The van der Waals surface area contributed by atoms with Crippen molar-refractivity contribution >= 4 is 29.2 Å².